The molecule has 0 fully saturated rings. The van der Waals surface area contributed by atoms with E-state index in [0.29, 0.717) is 0 Å². The van der Waals surface area contributed by atoms with E-state index in [1.54, 1.807) is 0 Å². The lowest BCUT2D eigenvalue weighted by Gasteiger charge is -2.28. The molecule has 0 aliphatic heterocycles. The standard InChI is InChI=1S/C19H42Cl2Si2/c1-5-9-14-22(20,15-10-6-2)18-13-19-23(21,16-11-7-3)17-12-8-4/h5-19H2,1-4H3. The van der Waals surface area contributed by atoms with Crippen molar-refractivity contribution >= 4 is 36.9 Å². The van der Waals surface area contributed by atoms with Gasteiger partial charge in [-0.2, -0.15) is 22.2 Å². The number of hydrogen-bond acceptors (Lipinski definition) is 0. The van der Waals surface area contributed by atoms with Crippen LogP contribution in [-0.4, -0.2) is 14.8 Å². The van der Waals surface area contributed by atoms with Gasteiger partial charge in [-0.05, 0) is 36.3 Å². The first-order valence-corrected chi connectivity index (χ1v) is 17.6. The van der Waals surface area contributed by atoms with Crippen LogP contribution in [0.2, 0.25) is 36.3 Å². The number of rotatable bonds is 16. The molecule has 0 aromatic carbocycles. The predicted octanol–water partition coefficient (Wildman–Crippen LogP) is 8.95. The average Bonchev–Trinajstić information content (AvgIpc) is 2.55. The van der Waals surface area contributed by atoms with Crippen molar-refractivity contribution in [1.82, 2.24) is 0 Å². The van der Waals surface area contributed by atoms with Crippen LogP contribution in [0, 0.1) is 0 Å². The van der Waals surface area contributed by atoms with Crippen LogP contribution >= 0.6 is 22.2 Å². The Bertz CT molecular complexity index is 230. The summed E-state index contributed by atoms with van der Waals surface area (Å²) < 4.78 is 0. The lowest BCUT2D eigenvalue weighted by Crippen LogP contribution is -2.30. The van der Waals surface area contributed by atoms with E-state index in [4.69, 9.17) is 22.2 Å². The Kier molecular flexibility index (Phi) is 14.8. The van der Waals surface area contributed by atoms with Gasteiger partial charge in [0.25, 0.3) is 0 Å². The first-order valence-electron chi connectivity index (χ1n) is 10.3. The van der Waals surface area contributed by atoms with Gasteiger partial charge in [0, 0.05) is 0 Å². The van der Waals surface area contributed by atoms with Crippen molar-refractivity contribution < 1.29 is 0 Å². The Hall–Kier alpha value is 1.01. The van der Waals surface area contributed by atoms with Crippen molar-refractivity contribution in [3.8, 4) is 0 Å². The Morgan fingerprint density at radius 1 is 0.435 bits per heavy atom. The van der Waals surface area contributed by atoms with Gasteiger partial charge >= 0.3 is 0 Å². The Balaban J connectivity index is 4.47. The minimum absolute atomic E-state index is 1.29. The molecule has 140 valence electrons. The van der Waals surface area contributed by atoms with Gasteiger partial charge in [-0.1, -0.05) is 85.5 Å². The van der Waals surface area contributed by atoms with Gasteiger partial charge in [-0.3, -0.25) is 0 Å². The molecule has 0 aromatic heterocycles. The van der Waals surface area contributed by atoms with Crippen molar-refractivity contribution in [3.63, 3.8) is 0 Å². The van der Waals surface area contributed by atoms with E-state index in [-0.39, 0.29) is 0 Å². The number of halogens is 2. The molecule has 0 rings (SSSR count). The second-order valence-corrected chi connectivity index (χ2v) is 20.0. The van der Waals surface area contributed by atoms with E-state index in [1.165, 1.54) is 94.1 Å². The van der Waals surface area contributed by atoms with Gasteiger partial charge in [0.2, 0.25) is 0 Å². The summed E-state index contributed by atoms with van der Waals surface area (Å²) in [5.74, 6) is 0. The van der Waals surface area contributed by atoms with E-state index < -0.39 is 14.8 Å². The fourth-order valence-corrected chi connectivity index (χ4v) is 13.3. The molecule has 0 nitrogen and oxygen atoms in total. The van der Waals surface area contributed by atoms with Crippen molar-refractivity contribution in [3.05, 3.63) is 0 Å². The molecule has 0 saturated heterocycles. The molecule has 0 aliphatic rings. The Labute approximate surface area is 158 Å². The molecular formula is C19H42Cl2Si2. The highest BCUT2D eigenvalue weighted by molar-refractivity contribution is 7.21. The van der Waals surface area contributed by atoms with Gasteiger partial charge in [-0.15, -0.1) is 0 Å². The maximum atomic E-state index is 7.15. The molecule has 4 heteroatoms. The molecule has 0 saturated carbocycles. The van der Waals surface area contributed by atoms with Crippen LogP contribution in [0.15, 0.2) is 0 Å². The molecule has 0 bridgehead atoms. The SMILES string of the molecule is CCCC[Si](Cl)(CCCC)CCC[Si](Cl)(CCCC)CCCC. The molecule has 0 unspecified atom stereocenters. The van der Waals surface area contributed by atoms with E-state index in [9.17, 15) is 0 Å². The molecule has 0 aromatic rings. The Morgan fingerprint density at radius 3 is 0.870 bits per heavy atom. The molecule has 0 N–H and O–H groups in total. The van der Waals surface area contributed by atoms with Crippen LogP contribution in [0.1, 0.15) is 85.5 Å². The normalized spacial score (nSPS) is 12.8. The third-order valence-corrected chi connectivity index (χ3v) is 16.1. The van der Waals surface area contributed by atoms with Gasteiger partial charge in [0.15, 0.2) is 14.8 Å². The number of hydrogen-bond donors (Lipinski definition) is 0. The summed E-state index contributed by atoms with van der Waals surface area (Å²) in [7, 11) is -3.04. The largest absolute Gasteiger partial charge is 0.167 e. The van der Waals surface area contributed by atoms with Crippen molar-refractivity contribution in [2.24, 2.45) is 0 Å². The molecule has 0 atom stereocenters. The third kappa shape index (κ3) is 12.1. The minimum atomic E-state index is -1.52. The highest BCUT2D eigenvalue weighted by atomic mass is 35.6. The molecule has 0 radical (unpaired) electrons. The monoisotopic (exact) mass is 396 g/mol. The van der Waals surface area contributed by atoms with E-state index in [1.807, 2.05) is 0 Å². The molecule has 0 spiro atoms. The predicted molar refractivity (Wildman–Crippen MR) is 116 cm³/mol. The summed E-state index contributed by atoms with van der Waals surface area (Å²) >= 11 is 14.3. The smallest absolute Gasteiger partial charge is 0.156 e. The highest BCUT2D eigenvalue weighted by Gasteiger charge is 2.33. The second-order valence-electron chi connectivity index (χ2n) is 7.57. The molecule has 0 aliphatic carbocycles. The van der Waals surface area contributed by atoms with Crippen LogP contribution in [0.4, 0.5) is 0 Å². The van der Waals surface area contributed by atoms with Gasteiger partial charge in [-0.25, -0.2) is 0 Å². The van der Waals surface area contributed by atoms with E-state index in [2.05, 4.69) is 27.7 Å². The summed E-state index contributed by atoms with van der Waals surface area (Å²) in [6, 6.07) is 7.93. The maximum absolute atomic E-state index is 7.15. The first kappa shape index (κ1) is 24.0. The van der Waals surface area contributed by atoms with Crippen LogP contribution in [0.5, 0.6) is 0 Å². The second kappa shape index (κ2) is 14.2. The van der Waals surface area contributed by atoms with Gasteiger partial charge in [0.05, 0.1) is 0 Å². The van der Waals surface area contributed by atoms with Crippen LogP contribution < -0.4 is 0 Å². The zero-order chi connectivity index (χ0) is 17.6. The molecular weight excluding hydrogens is 355 g/mol. The molecule has 0 heterocycles. The lowest BCUT2D eigenvalue weighted by molar-refractivity contribution is 0.812. The molecule has 0 amide bonds. The minimum Gasteiger partial charge on any atom is -0.167 e. The zero-order valence-electron chi connectivity index (χ0n) is 16.4. The van der Waals surface area contributed by atoms with Crippen LogP contribution in [0.25, 0.3) is 0 Å². The lowest BCUT2D eigenvalue weighted by atomic mass is 10.4. The van der Waals surface area contributed by atoms with E-state index in [0.717, 1.165) is 0 Å². The van der Waals surface area contributed by atoms with Crippen molar-refractivity contribution in [2.45, 2.75) is 122 Å². The summed E-state index contributed by atoms with van der Waals surface area (Å²) in [6.45, 7) is 9.16. The topological polar surface area (TPSA) is 0 Å². The zero-order valence-corrected chi connectivity index (χ0v) is 19.9. The van der Waals surface area contributed by atoms with Crippen molar-refractivity contribution in [1.29, 1.82) is 0 Å². The fraction of sp³-hybridized carbons (Fsp3) is 1.00. The van der Waals surface area contributed by atoms with E-state index >= 15 is 0 Å². The van der Waals surface area contributed by atoms with Crippen LogP contribution in [0.3, 0.4) is 0 Å². The Morgan fingerprint density at radius 2 is 0.652 bits per heavy atom. The third-order valence-electron chi connectivity index (χ3n) is 5.16. The molecule has 23 heavy (non-hydrogen) atoms. The maximum Gasteiger partial charge on any atom is 0.156 e. The number of unbranched alkanes of at least 4 members (excludes halogenated alkanes) is 4. The fourth-order valence-electron chi connectivity index (χ4n) is 3.45. The van der Waals surface area contributed by atoms with Crippen molar-refractivity contribution in [2.75, 3.05) is 0 Å². The quantitative estimate of drug-likeness (QED) is 0.180. The van der Waals surface area contributed by atoms with Gasteiger partial charge in [0.1, 0.15) is 0 Å². The summed E-state index contributed by atoms with van der Waals surface area (Å²) in [5.41, 5.74) is 0. The summed E-state index contributed by atoms with van der Waals surface area (Å²) in [5, 5.41) is 0. The average molecular weight is 398 g/mol. The first-order chi connectivity index (χ1) is 10.9. The van der Waals surface area contributed by atoms with Crippen LogP contribution in [-0.2, 0) is 0 Å². The summed E-state index contributed by atoms with van der Waals surface area (Å²) in [4.78, 5) is 0. The van der Waals surface area contributed by atoms with Gasteiger partial charge < -0.3 is 0 Å². The summed E-state index contributed by atoms with van der Waals surface area (Å²) in [6.07, 6.45) is 11.8. The highest BCUT2D eigenvalue weighted by Crippen LogP contribution is 2.36.